The summed E-state index contributed by atoms with van der Waals surface area (Å²) >= 11 is 1.37. The zero-order chi connectivity index (χ0) is 15.7. The maximum absolute atomic E-state index is 13.6. The molecule has 3 rings (SSSR count). The molecule has 0 aliphatic rings. The van der Waals surface area contributed by atoms with Gasteiger partial charge in [0.1, 0.15) is 11.7 Å². The van der Waals surface area contributed by atoms with Gasteiger partial charge in [-0.25, -0.2) is 4.39 Å². The molecule has 2 aromatic carbocycles. The van der Waals surface area contributed by atoms with E-state index >= 15 is 0 Å². The molecule has 4 nitrogen and oxygen atoms in total. The van der Waals surface area contributed by atoms with Crippen molar-refractivity contribution in [3.8, 4) is 0 Å². The number of amidine groups is 1. The van der Waals surface area contributed by atoms with Crippen molar-refractivity contribution in [2.75, 3.05) is 5.32 Å². The summed E-state index contributed by atoms with van der Waals surface area (Å²) in [6.45, 7) is 0. The normalized spacial score (nSPS) is 10.6. The van der Waals surface area contributed by atoms with Gasteiger partial charge in [0.05, 0.1) is 10.4 Å². The number of nitrogen functional groups attached to an aromatic ring is 1. The molecule has 4 N–H and O–H groups in total. The third-order valence-corrected chi connectivity index (χ3v) is 4.29. The second kappa shape index (κ2) is 5.57. The fourth-order valence-electron chi connectivity index (χ4n) is 2.09. The quantitative estimate of drug-likeness (QED) is 0.510. The van der Waals surface area contributed by atoms with Gasteiger partial charge in [-0.2, -0.15) is 0 Å². The largest absolute Gasteiger partial charge is 0.383 e. The molecule has 0 aliphatic heterocycles. The van der Waals surface area contributed by atoms with Crippen LogP contribution >= 0.6 is 11.3 Å². The number of carbonyl (C=O) groups is 1. The minimum Gasteiger partial charge on any atom is -0.383 e. The van der Waals surface area contributed by atoms with Gasteiger partial charge in [0.2, 0.25) is 0 Å². The fraction of sp³-hybridized carbons (Fsp3) is 0. The van der Waals surface area contributed by atoms with Crippen LogP contribution in [0.1, 0.15) is 15.2 Å². The molecular weight excluding hydrogens is 301 g/mol. The van der Waals surface area contributed by atoms with Crippen molar-refractivity contribution in [1.29, 1.82) is 5.41 Å². The van der Waals surface area contributed by atoms with E-state index in [9.17, 15) is 9.18 Å². The van der Waals surface area contributed by atoms with Crippen molar-refractivity contribution >= 4 is 38.9 Å². The first kappa shape index (κ1) is 14.2. The number of amides is 1. The van der Waals surface area contributed by atoms with Crippen molar-refractivity contribution in [3.63, 3.8) is 0 Å². The molecule has 0 saturated carbocycles. The third kappa shape index (κ3) is 2.68. The standard InChI is InChI=1S/C16H12FN3OS/c17-12-4-2-1-3-11(12)16(21)20-10-6-5-9-7-14(15(18)19)22-13(9)8-10/h1-8H,(H3,18,19)(H,20,21). The van der Waals surface area contributed by atoms with Crippen molar-refractivity contribution in [2.45, 2.75) is 0 Å². The van der Waals surface area contributed by atoms with E-state index in [1.54, 1.807) is 18.2 Å². The summed E-state index contributed by atoms with van der Waals surface area (Å²) in [6, 6.07) is 13.0. The summed E-state index contributed by atoms with van der Waals surface area (Å²) < 4.78 is 14.5. The number of fused-ring (bicyclic) bond motifs is 1. The van der Waals surface area contributed by atoms with E-state index in [2.05, 4.69) is 5.32 Å². The molecule has 0 bridgehead atoms. The Kier molecular flexibility index (Phi) is 3.60. The summed E-state index contributed by atoms with van der Waals surface area (Å²) in [7, 11) is 0. The SMILES string of the molecule is N=C(N)c1cc2ccc(NC(=O)c3ccccc3F)cc2s1. The Hall–Kier alpha value is -2.73. The van der Waals surface area contributed by atoms with E-state index in [0.717, 1.165) is 10.1 Å². The molecule has 0 saturated heterocycles. The lowest BCUT2D eigenvalue weighted by molar-refractivity contribution is 0.102. The lowest BCUT2D eigenvalue weighted by atomic mass is 10.2. The summed E-state index contributed by atoms with van der Waals surface area (Å²) in [5.74, 6) is -1.05. The molecule has 0 atom stereocenters. The summed E-state index contributed by atoms with van der Waals surface area (Å²) in [5.41, 5.74) is 6.04. The Morgan fingerprint density at radius 2 is 1.95 bits per heavy atom. The fourth-order valence-corrected chi connectivity index (χ4v) is 3.05. The molecule has 0 spiro atoms. The lowest BCUT2D eigenvalue weighted by Gasteiger charge is -2.06. The minimum atomic E-state index is -0.559. The minimum absolute atomic E-state index is 0.00167. The first-order valence-electron chi connectivity index (χ1n) is 6.48. The van der Waals surface area contributed by atoms with E-state index in [-0.39, 0.29) is 11.4 Å². The number of nitrogens with two attached hydrogens (primary N) is 1. The number of rotatable bonds is 3. The van der Waals surface area contributed by atoms with Crippen LogP contribution in [-0.2, 0) is 0 Å². The molecule has 110 valence electrons. The van der Waals surface area contributed by atoms with Crippen LogP contribution in [0.15, 0.2) is 48.5 Å². The van der Waals surface area contributed by atoms with Crippen LogP contribution in [0.5, 0.6) is 0 Å². The molecule has 3 aromatic rings. The van der Waals surface area contributed by atoms with Crippen LogP contribution in [0.2, 0.25) is 0 Å². The Morgan fingerprint density at radius 1 is 1.18 bits per heavy atom. The molecule has 0 radical (unpaired) electrons. The zero-order valence-corrected chi connectivity index (χ0v) is 12.2. The predicted molar refractivity (Wildman–Crippen MR) is 87.2 cm³/mol. The van der Waals surface area contributed by atoms with Gasteiger partial charge in [-0.05, 0) is 35.7 Å². The van der Waals surface area contributed by atoms with Crippen molar-refractivity contribution in [1.82, 2.24) is 0 Å². The Balaban J connectivity index is 1.89. The topological polar surface area (TPSA) is 79.0 Å². The second-order valence-electron chi connectivity index (χ2n) is 4.71. The average molecular weight is 313 g/mol. The number of benzene rings is 2. The van der Waals surface area contributed by atoms with Gasteiger partial charge in [0.15, 0.2) is 0 Å². The molecule has 6 heteroatoms. The molecule has 1 amide bonds. The number of carbonyl (C=O) groups excluding carboxylic acids is 1. The number of halogens is 1. The highest BCUT2D eigenvalue weighted by Crippen LogP contribution is 2.28. The van der Waals surface area contributed by atoms with E-state index in [4.69, 9.17) is 11.1 Å². The van der Waals surface area contributed by atoms with Gasteiger partial charge in [-0.3, -0.25) is 10.2 Å². The van der Waals surface area contributed by atoms with Crippen LogP contribution in [-0.4, -0.2) is 11.7 Å². The van der Waals surface area contributed by atoms with Gasteiger partial charge < -0.3 is 11.1 Å². The monoisotopic (exact) mass is 313 g/mol. The van der Waals surface area contributed by atoms with Crippen LogP contribution in [0.4, 0.5) is 10.1 Å². The Morgan fingerprint density at radius 3 is 2.68 bits per heavy atom. The van der Waals surface area contributed by atoms with Gasteiger partial charge >= 0.3 is 0 Å². The molecule has 0 aliphatic carbocycles. The number of hydrogen-bond donors (Lipinski definition) is 3. The van der Waals surface area contributed by atoms with E-state index < -0.39 is 11.7 Å². The van der Waals surface area contributed by atoms with Gasteiger partial charge in [0.25, 0.3) is 5.91 Å². The van der Waals surface area contributed by atoms with Gasteiger partial charge in [-0.15, -0.1) is 11.3 Å². The van der Waals surface area contributed by atoms with E-state index in [1.165, 1.54) is 29.5 Å². The maximum Gasteiger partial charge on any atom is 0.258 e. The predicted octanol–water partition coefficient (Wildman–Crippen LogP) is 3.58. The van der Waals surface area contributed by atoms with E-state index in [1.807, 2.05) is 12.1 Å². The zero-order valence-electron chi connectivity index (χ0n) is 11.4. The number of anilines is 1. The van der Waals surface area contributed by atoms with Crippen LogP contribution in [0.3, 0.4) is 0 Å². The summed E-state index contributed by atoms with van der Waals surface area (Å²) in [5, 5.41) is 11.1. The first-order valence-corrected chi connectivity index (χ1v) is 7.30. The smallest absolute Gasteiger partial charge is 0.258 e. The third-order valence-electron chi connectivity index (χ3n) is 3.16. The highest BCUT2D eigenvalue weighted by atomic mass is 32.1. The van der Waals surface area contributed by atoms with E-state index in [0.29, 0.717) is 10.6 Å². The Bertz CT molecular complexity index is 888. The second-order valence-corrected chi connectivity index (χ2v) is 5.79. The molecule has 22 heavy (non-hydrogen) atoms. The molecule has 0 fully saturated rings. The van der Waals surface area contributed by atoms with Gasteiger partial charge in [0, 0.05) is 10.4 Å². The van der Waals surface area contributed by atoms with Crippen molar-refractivity contribution in [2.24, 2.45) is 5.73 Å². The summed E-state index contributed by atoms with van der Waals surface area (Å²) in [6.07, 6.45) is 0. The molecular formula is C16H12FN3OS. The van der Waals surface area contributed by atoms with Crippen LogP contribution in [0, 0.1) is 11.2 Å². The van der Waals surface area contributed by atoms with Crippen LogP contribution in [0.25, 0.3) is 10.1 Å². The molecule has 1 aromatic heterocycles. The van der Waals surface area contributed by atoms with Crippen LogP contribution < -0.4 is 11.1 Å². The first-order chi connectivity index (χ1) is 10.5. The molecule has 1 heterocycles. The number of nitrogens with one attached hydrogen (secondary N) is 2. The lowest BCUT2D eigenvalue weighted by Crippen LogP contribution is -2.13. The highest BCUT2D eigenvalue weighted by Gasteiger charge is 2.12. The summed E-state index contributed by atoms with van der Waals surface area (Å²) in [4.78, 5) is 12.8. The number of thiophene rings is 1. The highest BCUT2D eigenvalue weighted by molar-refractivity contribution is 7.20. The maximum atomic E-state index is 13.6. The molecule has 0 unspecified atom stereocenters. The average Bonchev–Trinajstić information content (AvgIpc) is 2.91. The van der Waals surface area contributed by atoms with Gasteiger partial charge in [-0.1, -0.05) is 18.2 Å². The number of hydrogen-bond acceptors (Lipinski definition) is 3. The van der Waals surface area contributed by atoms with Crippen molar-refractivity contribution < 1.29 is 9.18 Å². The Labute approximate surface area is 129 Å². The van der Waals surface area contributed by atoms with Crippen molar-refractivity contribution in [3.05, 3.63) is 64.8 Å².